The Morgan fingerprint density at radius 1 is 1.45 bits per heavy atom. The molecule has 7 heteroatoms. The van der Waals surface area contributed by atoms with Crippen LogP contribution in [0.1, 0.15) is 38.5 Å². The second-order valence-electron chi connectivity index (χ2n) is 5.91. The Balaban J connectivity index is 1.62. The Kier molecular flexibility index (Phi) is 4.26. The summed E-state index contributed by atoms with van der Waals surface area (Å²) in [5, 5.41) is 15.6. The van der Waals surface area contributed by atoms with Crippen molar-refractivity contribution in [3.63, 3.8) is 0 Å². The van der Waals surface area contributed by atoms with E-state index in [0.717, 1.165) is 30.8 Å². The van der Waals surface area contributed by atoms with Crippen LogP contribution in [0.15, 0.2) is 17.8 Å². The second kappa shape index (κ2) is 6.18. The van der Waals surface area contributed by atoms with Gasteiger partial charge in [-0.3, -0.25) is 4.79 Å². The van der Waals surface area contributed by atoms with Crippen LogP contribution in [0, 0.1) is 0 Å². The van der Waals surface area contributed by atoms with E-state index in [4.69, 9.17) is 0 Å². The quantitative estimate of drug-likeness (QED) is 0.907. The van der Waals surface area contributed by atoms with Crippen molar-refractivity contribution >= 4 is 22.4 Å². The molecule has 2 N–H and O–H groups in total. The zero-order chi connectivity index (χ0) is 15.6. The Bertz CT molecular complexity index is 658. The lowest BCUT2D eigenvalue weighted by Gasteiger charge is -2.31. The average molecular weight is 320 g/mol. The minimum absolute atomic E-state index is 0.143. The first-order valence-corrected chi connectivity index (χ1v) is 8.39. The molecule has 6 nitrogen and oxygen atoms in total. The van der Waals surface area contributed by atoms with E-state index >= 15 is 0 Å². The summed E-state index contributed by atoms with van der Waals surface area (Å²) in [6.45, 7) is 0. The van der Waals surface area contributed by atoms with Crippen molar-refractivity contribution in [2.24, 2.45) is 7.05 Å². The van der Waals surface area contributed by atoms with Crippen LogP contribution in [0.5, 0.6) is 0 Å². The number of aliphatic hydroxyl groups is 1. The van der Waals surface area contributed by atoms with E-state index < -0.39 is 5.60 Å². The highest BCUT2D eigenvalue weighted by Gasteiger charge is 2.31. The number of carbonyl (C=O) groups excluding carboxylic acids is 1. The smallest absolute Gasteiger partial charge is 0.229 e. The molecule has 2 aromatic rings. The molecule has 2 aromatic heterocycles. The summed E-state index contributed by atoms with van der Waals surface area (Å²) in [7, 11) is 1.90. The summed E-state index contributed by atoms with van der Waals surface area (Å²) in [4.78, 5) is 20.8. The van der Waals surface area contributed by atoms with Crippen LogP contribution in [-0.2, 0) is 11.8 Å². The lowest BCUT2D eigenvalue weighted by Crippen LogP contribution is -2.35. The fraction of sp³-hybridized carbons (Fsp3) is 0.533. The molecule has 22 heavy (non-hydrogen) atoms. The van der Waals surface area contributed by atoms with Crippen molar-refractivity contribution in [2.45, 2.75) is 44.1 Å². The minimum atomic E-state index is -0.845. The van der Waals surface area contributed by atoms with Crippen LogP contribution in [0.4, 0.5) is 5.13 Å². The number of anilines is 1. The number of hydrogen-bond donors (Lipinski definition) is 2. The summed E-state index contributed by atoms with van der Waals surface area (Å²) in [5.41, 5.74) is -0.105. The second-order valence-corrected chi connectivity index (χ2v) is 6.77. The molecule has 0 unspecified atom stereocenters. The molecule has 0 radical (unpaired) electrons. The van der Waals surface area contributed by atoms with Gasteiger partial charge in [-0.25, -0.2) is 9.97 Å². The zero-order valence-electron chi connectivity index (χ0n) is 12.6. The standard InChI is InChI=1S/C15H20N4O2S/c1-19-8-7-16-13(19)11-10-22-14(17-11)18-12(20)9-15(21)5-3-2-4-6-15/h7-8,10,21H,2-6,9H2,1H3,(H,17,18,20). The van der Waals surface area contributed by atoms with E-state index in [1.807, 2.05) is 23.2 Å². The van der Waals surface area contributed by atoms with Crippen molar-refractivity contribution in [2.75, 3.05) is 5.32 Å². The molecule has 0 saturated heterocycles. The Morgan fingerprint density at radius 3 is 2.91 bits per heavy atom. The molecule has 3 rings (SSSR count). The van der Waals surface area contributed by atoms with Gasteiger partial charge in [0.2, 0.25) is 5.91 Å². The van der Waals surface area contributed by atoms with Crippen molar-refractivity contribution < 1.29 is 9.90 Å². The number of aryl methyl sites for hydroxylation is 1. The van der Waals surface area contributed by atoms with Gasteiger partial charge in [0.05, 0.1) is 12.0 Å². The largest absolute Gasteiger partial charge is 0.389 e. The predicted octanol–water partition coefficient (Wildman–Crippen LogP) is 2.57. The highest BCUT2D eigenvalue weighted by Crippen LogP contribution is 2.31. The Labute approximate surface area is 133 Å². The number of imidazole rings is 1. The summed E-state index contributed by atoms with van der Waals surface area (Å²) in [5.74, 6) is 0.591. The van der Waals surface area contributed by atoms with Crippen LogP contribution in [-0.4, -0.2) is 31.1 Å². The molecule has 1 amide bonds. The van der Waals surface area contributed by atoms with E-state index in [1.165, 1.54) is 11.3 Å². The molecule has 0 bridgehead atoms. The molecule has 1 saturated carbocycles. The average Bonchev–Trinajstić information content (AvgIpc) is 3.07. The van der Waals surface area contributed by atoms with Gasteiger partial charge in [0.1, 0.15) is 5.69 Å². The molecule has 1 fully saturated rings. The molecule has 1 aliphatic carbocycles. The third kappa shape index (κ3) is 3.36. The van der Waals surface area contributed by atoms with E-state index in [1.54, 1.807) is 6.20 Å². The van der Waals surface area contributed by atoms with Crippen LogP contribution < -0.4 is 5.32 Å². The minimum Gasteiger partial charge on any atom is -0.389 e. The molecule has 118 valence electrons. The number of hydrogen-bond acceptors (Lipinski definition) is 5. The number of nitrogens with one attached hydrogen (secondary N) is 1. The molecule has 0 aliphatic heterocycles. The summed E-state index contributed by atoms with van der Waals surface area (Å²) < 4.78 is 1.88. The Hall–Kier alpha value is -1.73. The predicted molar refractivity (Wildman–Crippen MR) is 85.6 cm³/mol. The number of aromatic nitrogens is 3. The van der Waals surface area contributed by atoms with Gasteiger partial charge in [0.15, 0.2) is 11.0 Å². The van der Waals surface area contributed by atoms with Gasteiger partial charge < -0.3 is 15.0 Å². The van der Waals surface area contributed by atoms with Crippen LogP contribution >= 0.6 is 11.3 Å². The van der Waals surface area contributed by atoms with Crippen LogP contribution in [0.3, 0.4) is 0 Å². The zero-order valence-corrected chi connectivity index (χ0v) is 13.4. The number of rotatable bonds is 4. The van der Waals surface area contributed by atoms with E-state index in [2.05, 4.69) is 15.3 Å². The van der Waals surface area contributed by atoms with Gasteiger partial charge >= 0.3 is 0 Å². The fourth-order valence-electron chi connectivity index (χ4n) is 2.90. The van der Waals surface area contributed by atoms with Crippen molar-refractivity contribution in [3.05, 3.63) is 17.8 Å². The lowest BCUT2D eigenvalue weighted by molar-refractivity contribution is -0.122. The molecule has 0 spiro atoms. The molecular formula is C15H20N4O2S. The number of nitrogens with zero attached hydrogens (tertiary/aromatic N) is 3. The van der Waals surface area contributed by atoms with Gasteiger partial charge in [0.25, 0.3) is 0 Å². The van der Waals surface area contributed by atoms with Gasteiger partial charge in [-0.05, 0) is 12.8 Å². The first kappa shape index (κ1) is 15.2. The fourth-order valence-corrected chi connectivity index (χ4v) is 3.60. The third-order valence-electron chi connectivity index (χ3n) is 4.07. The number of amides is 1. The maximum Gasteiger partial charge on any atom is 0.229 e. The van der Waals surface area contributed by atoms with Crippen molar-refractivity contribution in [1.82, 2.24) is 14.5 Å². The highest BCUT2D eigenvalue weighted by molar-refractivity contribution is 7.14. The first-order chi connectivity index (χ1) is 10.6. The molecule has 0 atom stereocenters. The summed E-state index contributed by atoms with van der Waals surface area (Å²) in [6.07, 6.45) is 8.24. The van der Waals surface area contributed by atoms with E-state index in [-0.39, 0.29) is 12.3 Å². The molecule has 0 aromatic carbocycles. The Morgan fingerprint density at radius 2 is 2.23 bits per heavy atom. The summed E-state index contributed by atoms with van der Waals surface area (Å²) in [6, 6.07) is 0. The maximum atomic E-state index is 12.1. The summed E-state index contributed by atoms with van der Waals surface area (Å²) >= 11 is 1.37. The van der Waals surface area contributed by atoms with Gasteiger partial charge in [-0.2, -0.15) is 0 Å². The van der Waals surface area contributed by atoms with Gasteiger partial charge in [-0.1, -0.05) is 19.3 Å². The van der Waals surface area contributed by atoms with Crippen LogP contribution in [0.25, 0.3) is 11.5 Å². The monoisotopic (exact) mass is 320 g/mol. The van der Waals surface area contributed by atoms with E-state index in [0.29, 0.717) is 18.0 Å². The van der Waals surface area contributed by atoms with Crippen molar-refractivity contribution in [3.8, 4) is 11.5 Å². The topological polar surface area (TPSA) is 80.0 Å². The number of thiazole rings is 1. The van der Waals surface area contributed by atoms with Gasteiger partial charge in [-0.15, -0.1) is 11.3 Å². The van der Waals surface area contributed by atoms with Crippen molar-refractivity contribution in [1.29, 1.82) is 0 Å². The lowest BCUT2D eigenvalue weighted by atomic mass is 9.82. The van der Waals surface area contributed by atoms with Gasteiger partial charge in [0, 0.05) is 24.8 Å². The SMILES string of the molecule is Cn1ccnc1-c1csc(NC(=O)CC2(O)CCCCC2)n1. The van der Waals surface area contributed by atoms with E-state index in [9.17, 15) is 9.90 Å². The molecule has 1 aliphatic rings. The van der Waals surface area contributed by atoms with Crippen LogP contribution in [0.2, 0.25) is 0 Å². The molecule has 2 heterocycles. The molecular weight excluding hydrogens is 300 g/mol. The maximum absolute atomic E-state index is 12.1. The normalized spacial score (nSPS) is 17.4. The number of carbonyl (C=O) groups is 1. The highest BCUT2D eigenvalue weighted by atomic mass is 32.1. The first-order valence-electron chi connectivity index (χ1n) is 7.51. The third-order valence-corrected chi connectivity index (χ3v) is 4.83.